The number of carbonyl (C=O) groups is 2. The van der Waals surface area contributed by atoms with E-state index >= 15 is 0 Å². The first-order valence-corrected chi connectivity index (χ1v) is 7.92. The van der Waals surface area contributed by atoms with Crippen LogP contribution in [0.25, 0.3) is 0 Å². The maximum absolute atomic E-state index is 11.9. The van der Waals surface area contributed by atoms with Crippen molar-refractivity contribution >= 4 is 23.2 Å². The summed E-state index contributed by atoms with van der Waals surface area (Å²) < 4.78 is 5.06. The summed E-state index contributed by atoms with van der Waals surface area (Å²) in [6.07, 6.45) is 0. The number of aryl methyl sites for hydroxylation is 2. The lowest BCUT2D eigenvalue weighted by Gasteiger charge is -2.12. The van der Waals surface area contributed by atoms with Gasteiger partial charge in [-0.25, -0.2) is 4.79 Å². The molecule has 0 radical (unpaired) electrons. The summed E-state index contributed by atoms with van der Waals surface area (Å²) in [6, 6.07) is 9.14. The molecule has 0 saturated heterocycles. The van der Waals surface area contributed by atoms with Gasteiger partial charge in [0.2, 0.25) is 0 Å². The second-order valence-corrected chi connectivity index (χ2v) is 6.16. The van der Waals surface area contributed by atoms with Gasteiger partial charge in [-0.3, -0.25) is 4.79 Å². The third kappa shape index (κ3) is 4.18. The van der Waals surface area contributed by atoms with Crippen LogP contribution >= 0.6 is 11.3 Å². The van der Waals surface area contributed by atoms with Gasteiger partial charge in [0.15, 0.2) is 6.61 Å². The number of thiophene rings is 1. The lowest BCUT2D eigenvalue weighted by atomic mass is 10.1. The molecule has 0 aliphatic heterocycles. The Balaban J connectivity index is 1.85. The highest BCUT2D eigenvalue weighted by atomic mass is 32.1. The normalized spacial score (nSPS) is 11.8. The molecule has 0 unspecified atom stereocenters. The lowest BCUT2D eigenvalue weighted by molar-refractivity contribution is -0.124. The van der Waals surface area contributed by atoms with E-state index in [1.54, 1.807) is 23.5 Å². The van der Waals surface area contributed by atoms with E-state index in [-0.39, 0.29) is 18.6 Å². The Bertz CT molecular complexity index is 665. The van der Waals surface area contributed by atoms with Crippen molar-refractivity contribution in [2.45, 2.75) is 26.8 Å². The maximum Gasteiger partial charge on any atom is 0.338 e. The molecule has 4 nitrogen and oxygen atoms in total. The molecule has 5 heteroatoms. The zero-order chi connectivity index (χ0) is 16.1. The molecule has 1 aromatic carbocycles. The van der Waals surface area contributed by atoms with E-state index in [9.17, 15) is 9.59 Å². The number of benzene rings is 1. The quantitative estimate of drug-likeness (QED) is 0.860. The van der Waals surface area contributed by atoms with Crippen molar-refractivity contribution in [1.82, 2.24) is 5.32 Å². The zero-order valence-electron chi connectivity index (χ0n) is 12.9. The van der Waals surface area contributed by atoms with E-state index in [0.29, 0.717) is 5.56 Å². The molecule has 1 heterocycles. The van der Waals surface area contributed by atoms with Crippen molar-refractivity contribution in [3.63, 3.8) is 0 Å². The summed E-state index contributed by atoms with van der Waals surface area (Å²) in [5.74, 6) is -0.792. The van der Waals surface area contributed by atoms with E-state index in [2.05, 4.69) is 5.32 Å². The number of amides is 1. The summed E-state index contributed by atoms with van der Waals surface area (Å²) in [7, 11) is 0. The molecule has 1 N–H and O–H groups in total. The summed E-state index contributed by atoms with van der Waals surface area (Å²) in [6.45, 7) is 5.53. The van der Waals surface area contributed by atoms with Gasteiger partial charge in [-0.05, 0) is 55.5 Å². The number of hydrogen-bond donors (Lipinski definition) is 1. The maximum atomic E-state index is 11.9. The van der Waals surface area contributed by atoms with Gasteiger partial charge in [-0.2, -0.15) is 0 Å². The highest BCUT2D eigenvalue weighted by Gasteiger charge is 2.14. The first kappa shape index (κ1) is 16.2. The molecule has 0 aliphatic rings. The van der Waals surface area contributed by atoms with Crippen LogP contribution < -0.4 is 5.32 Å². The second kappa shape index (κ2) is 7.22. The van der Waals surface area contributed by atoms with E-state index in [0.717, 1.165) is 16.0 Å². The molecule has 2 rings (SSSR count). The molecule has 1 atom stereocenters. The number of nitrogens with one attached hydrogen (secondary N) is 1. The molecule has 0 saturated carbocycles. The van der Waals surface area contributed by atoms with E-state index in [1.165, 1.54) is 0 Å². The molecular weight excluding hydrogens is 298 g/mol. The van der Waals surface area contributed by atoms with E-state index < -0.39 is 5.97 Å². The topological polar surface area (TPSA) is 55.4 Å². The number of rotatable bonds is 5. The van der Waals surface area contributed by atoms with Crippen molar-refractivity contribution in [3.05, 3.63) is 57.3 Å². The Labute approximate surface area is 134 Å². The van der Waals surface area contributed by atoms with Crippen molar-refractivity contribution in [1.29, 1.82) is 0 Å². The number of esters is 1. The van der Waals surface area contributed by atoms with Gasteiger partial charge in [0.1, 0.15) is 0 Å². The van der Waals surface area contributed by atoms with Gasteiger partial charge in [-0.15, -0.1) is 11.3 Å². The summed E-state index contributed by atoms with van der Waals surface area (Å²) in [5, 5.41) is 4.76. The van der Waals surface area contributed by atoms with Crippen LogP contribution in [0.3, 0.4) is 0 Å². The number of ether oxygens (including phenoxy) is 1. The third-order valence-corrected chi connectivity index (χ3v) is 4.48. The van der Waals surface area contributed by atoms with Gasteiger partial charge in [0.05, 0.1) is 11.6 Å². The van der Waals surface area contributed by atoms with Crippen LogP contribution in [0.2, 0.25) is 0 Å². The summed E-state index contributed by atoms with van der Waals surface area (Å²) >= 11 is 1.57. The smallest absolute Gasteiger partial charge is 0.338 e. The predicted octanol–water partition coefficient (Wildman–Crippen LogP) is 3.40. The van der Waals surface area contributed by atoms with Gasteiger partial charge in [-0.1, -0.05) is 12.1 Å². The van der Waals surface area contributed by atoms with Crippen LogP contribution in [0, 0.1) is 13.8 Å². The van der Waals surface area contributed by atoms with Crippen LogP contribution in [0.5, 0.6) is 0 Å². The average molecular weight is 317 g/mol. The van der Waals surface area contributed by atoms with Gasteiger partial charge in [0, 0.05) is 4.88 Å². The van der Waals surface area contributed by atoms with Gasteiger partial charge >= 0.3 is 5.97 Å². The van der Waals surface area contributed by atoms with Crippen LogP contribution in [0.4, 0.5) is 0 Å². The monoisotopic (exact) mass is 317 g/mol. The molecule has 0 spiro atoms. The summed E-state index contributed by atoms with van der Waals surface area (Å²) in [4.78, 5) is 24.8. The minimum absolute atomic E-state index is 0.0900. The Hall–Kier alpha value is -2.14. The van der Waals surface area contributed by atoms with Crippen molar-refractivity contribution in [2.75, 3.05) is 6.61 Å². The van der Waals surface area contributed by atoms with Gasteiger partial charge in [0.25, 0.3) is 5.91 Å². The molecule has 116 valence electrons. The first-order valence-electron chi connectivity index (χ1n) is 7.04. The van der Waals surface area contributed by atoms with Crippen LogP contribution in [0.1, 0.15) is 39.3 Å². The number of hydrogen-bond acceptors (Lipinski definition) is 4. The molecular formula is C17H19NO3S. The predicted molar refractivity (Wildman–Crippen MR) is 87.1 cm³/mol. The minimum Gasteiger partial charge on any atom is -0.452 e. The standard InChI is InChI=1S/C17H19NO3S/c1-11-6-7-14(9-12(11)2)17(20)21-10-16(19)18-13(3)15-5-4-8-22-15/h4-9,13H,10H2,1-3H3,(H,18,19)/t13-/m0/s1. The van der Waals surface area contributed by atoms with Crippen LogP contribution in [0.15, 0.2) is 35.7 Å². The fourth-order valence-electron chi connectivity index (χ4n) is 1.97. The summed E-state index contributed by atoms with van der Waals surface area (Å²) in [5.41, 5.74) is 2.59. The molecule has 1 amide bonds. The number of carbonyl (C=O) groups excluding carboxylic acids is 2. The Morgan fingerprint density at radius 3 is 2.64 bits per heavy atom. The molecule has 0 bridgehead atoms. The Morgan fingerprint density at radius 1 is 1.23 bits per heavy atom. The van der Waals surface area contributed by atoms with E-state index in [4.69, 9.17) is 4.74 Å². The molecule has 0 fully saturated rings. The Kier molecular flexibility index (Phi) is 5.33. The molecule has 0 aliphatic carbocycles. The fourth-order valence-corrected chi connectivity index (χ4v) is 2.71. The Morgan fingerprint density at radius 2 is 2.00 bits per heavy atom. The van der Waals surface area contributed by atoms with E-state index in [1.807, 2.05) is 44.4 Å². The molecule has 22 heavy (non-hydrogen) atoms. The second-order valence-electron chi connectivity index (χ2n) is 5.18. The molecule has 1 aromatic heterocycles. The SMILES string of the molecule is Cc1ccc(C(=O)OCC(=O)N[C@@H](C)c2cccs2)cc1C. The first-order chi connectivity index (χ1) is 10.5. The third-order valence-electron chi connectivity index (χ3n) is 3.42. The zero-order valence-corrected chi connectivity index (χ0v) is 13.7. The highest BCUT2D eigenvalue weighted by molar-refractivity contribution is 7.10. The van der Waals surface area contributed by atoms with Crippen LogP contribution in [-0.4, -0.2) is 18.5 Å². The van der Waals surface area contributed by atoms with Gasteiger partial charge < -0.3 is 10.1 Å². The van der Waals surface area contributed by atoms with Crippen LogP contribution in [-0.2, 0) is 9.53 Å². The largest absolute Gasteiger partial charge is 0.452 e. The lowest BCUT2D eigenvalue weighted by Crippen LogP contribution is -2.30. The van der Waals surface area contributed by atoms with Crippen molar-refractivity contribution in [2.24, 2.45) is 0 Å². The van der Waals surface area contributed by atoms with Crippen molar-refractivity contribution < 1.29 is 14.3 Å². The average Bonchev–Trinajstić information content (AvgIpc) is 3.02. The fraction of sp³-hybridized carbons (Fsp3) is 0.294. The minimum atomic E-state index is -0.484. The van der Waals surface area contributed by atoms with Crippen molar-refractivity contribution in [3.8, 4) is 0 Å². The molecule has 2 aromatic rings. The highest BCUT2D eigenvalue weighted by Crippen LogP contribution is 2.17.